The first-order valence-corrected chi connectivity index (χ1v) is 8.86. The Kier molecular flexibility index (Phi) is 5.83. The van der Waals surface area contributed by atoms with Crippen LogP contribution in [-0.4, -0.2) is 85.5 Å². The Hall–Kier alpha value is -2.19. The van der Waals surface area contributed by atoms with Crippen molar-refractivity contribution in [2.24, 2.45) is 5.73 Å². The van der Waals surface area contributed by atoms with Crippen LogP contribution in [0.15, 0.2) is 18.3 Å². The fraction of sp³-hybridized carbons (Fsp3) is 0.588. The van der Waals surface area contributed by atoms with Crippen LogP contribution >= 0.6 is 0 Å². The highest BCUT2D eigenvalue weighted by Gasteiger charge is 2.23. The number of anilines is 1. The van der Waals surface area contributed by atoms with E-state index in [1.165, 1.54) is 0 Å². The standard InChI is InChI=1S/C17H26N6O2/c18-16(25)14-2-1-4-20-17(14)23-12-10-21(11-13-23)7-3-15(24)22-8-5-19-6-9-22/h1-2,4,19H,3,5-13H2,(H2,18,25). The number of hydrogen-bond acceptors (Lipinski definition) is 6. The average molecular weight is 346 g/mol. The maximum atomic E-state index is 12.2. The summed E-state index contributed by atoms with van der Waals surface area (Å²) in [4.78, 5) is 34.5. The van der Waals surface area contributed by atoms with E-state index in [1.807, 2.05) is 4.90 Å². The summed E-state index contributed by atoms with van der Waals surface area (Å²) >= 11 is 0. The zero-order valence-corrected chi connectivity index (χ0v) is 14.5. The van der Waals surface area contributed by atoms with Crippen molar-refractivity contribution in [2.75, 3.05) is 63.8 Å². The highest BCUT2D eigenvalue weighted by atomic mass is 16.2. The molecule has 0 radical (unpaired) electrons. The number of nitrogens with one attached hydrogen (secondary N) is 1. The number of nitrogens with zero attached hydrogens (tertiary/aromatic N) is 4. The summed E-state index contributed by atoms with van der Waals surface area (Å²) in [6, 6.07) is 3.44. The van der Waals surface area contributed by atoms with Gasteiger partial charge in [-0.15, -0.1) is 0 Å². The SMILES string of the molecule is NC(=O)c1cccnc1N1CCN(CCC(=O)N2CCNCC2)CC1. The lowest BCUT2D eigenvalue weighted by Crippen LogP contribution is -2.49. The molecule has 1 aromatic rings. The molecule has 0 bridgehead atoms. The normalized spacial score (nSPS) is 19.0. The van der Waals surface area contributed by atoms with Crippen molar-refractivity contribution in [3.63, 3.8) is 0 Å². The minimum absolute atomic E-state index is 0.240. The van der Waals surface area contributed by atoms with E-state index in [2.05, 4.69) is 20.1 Å². The van der Waals surface area contributed by atoms with E-state index in [4.69, 9.17) is 5.73 Å². The molecule has 8 nitrogen and oxygen atoms in total. The molecule has 3 rings (SSSR count). The Bertz CT molecular complexity index is 609. The first-order chi connectivity index (χ1) is 12.1. The summed E-state index contributed by atoms with van der Waals surface area (Å²) in [6.07, 6.45) is 2.25. The van der Waals surface area contributed by atoms with E-state index in [0.29, 0.717) is 17.8 Å². The maximum Gasteiger partial charge on any atom is 0.252 e. The lowest BCUT2D eigenvalue weighted by Gasteiger charge is -2.36. The van der Waals surface area contributed by atoms with Gasteiger partial charge in [-0.1, -0.05) is 0 Å². The number of rotatable bonds is 5. The summed E-state index contributed by atoms with van der Waals surface area (Å²) in [6.45, 7) is 7.42. The molecule has 3 heterocycles. The third kappa shape index (κ3) is 4.46. The number of nitrogens with two attached hydrogens (primary N) is 1. The van der Waals surface area contributed by atoms with Crippen LogP contribution in [-0.2, 0) is 4.79 Å². The van der Waals surface area contributed by atoms with Crippen LogP contribution in [0.25, 0.3) is 0 Å². The Morgan fingerprint density at radius 2 is 1.84 bits per heavy atom. The van der Waals surface area contributed by atoms with Crippen molar-refractivity contribution in [1.82, 2.24) is 20.1 Å². The fourth-order valence-corrected chi connectivity index (χ4v) is 3.35. The number of carbonyl (C=O) groups is 2. The first-order valence-electron chi connectivity index (χ1n) is 8.86. The summed E-state index contributed by atoms with van der Waals surface area (Å²) in [5.41, 5.74) is 5.90. The molecule has 2 saturated heterocycles. The third-order valence-corrected chi connectivity index (χ3v) is 4.84. The molecule has 0 saturated carbocycles. The van der Waals surface area contributed by atoms with Gasteiger partial charge >= 0.3 is 0 Å². The molecule has 2 amide bonds. The number of primary amides is 1. The second kappa shape index (κ2) is 8.26. The Morgan fingerprint density at radius 1 is 1.12 bits per heavy atom. The van der Waals surface area contributed by atoms with Crippen LogP contribution in [0, 0.1) is 0 Å². The fourth-order valence-electron chi connectivity index (χ4n) is 3.35. The molecule has 2 aliphatic heterocycles. The molecule has 8 heteroatoms. The van der Waals surface area contributed by atoms with Gasteiger partial charge in [-0.25, -0.2) is 4.98 Å². The van der Waals surface area contributed by atoms with Gasteiger partial charge in [0.2, 0.25) is 5.91 Å². The van der Waals surface area contributed by atoms with Gasteiger partial charge < -0.3 is 20.9 Å². The summed E-state index contributed by atoms with van der Waals surface area (Å²) < 4.78 is 0. The number of carbonyl (C=O) groups excluding carboxylic acids is 2. The monoisotopic (exact) mass is 346 g/mol. The Labute approximate surface area is 148 Å². The largest absolute Gasteiger partial charge is 0.365 e. The van der Waals surface area contributed by atoms with Gasteiger partial charge in [0.1, 0.15) is 5.82 Å². The van der Waals surface area contributed by atoms with Gasteiger partial charge in [-0.05, 0) is 12.1 Å². The average Bonchev–Trinajstić information content (AvgIpc) is 2.67. The van der Waals surface area contributed by atoms with Gasteiger partial charge in [-0.3, -0.25) is 14.5 Å². The molecule has 3 N–H and O–H groups in total. The molecule has 0 unspecified atom stereocenters. The van der Waals surface area contributed by atoms with E-state index in [9.17, 15) is 9.59 Å². The maximum absolute atomic E-state index is 12.2. The van der Waals surface area contributed by atoms with Gasteiger partial charge in [0, 0.05) is 71.5 Å². The first kappa shape index (κ1) is 17.6. The lowest BCUT2D eigenvalue weighted by atomic mass is 10.2. The van der Waals surface area contributed by atoms with Crippen molar-refractivity contribution < 1.29 is 9.59 Å². The highest BCUT2D eigenvalue weighted by Crippen LogP contribution is 2.18. The van der Waals surface area contributed by atoms with E-state index in [1.54, 1.807) is 18.3 Å². The molecule has 0 aliphatic carbocycles. The number of pyridine rings is 1. The van der Waals surface area contributed by atoms with Crippen LogP contribution < -0.4 is 16.0 Å². The van der Waals surface area contributed by atoms with E-state index < -0.39 is 5.91 Å². The predicted octanol–water partition coefficient (Wildman–Crippen LogP) is -0.876. The molecule has 0 spiro atoms. The smallest absolute Gasteiger partial charge is 0.252 e. The van der Waals surface area contributed by atoms with Gasteiger partial charge in [0.25, 0.3) is 5.91 Å². The highest BCUT2D eigenvalue weighted by molar-refractivity contribution is 5.97. The summed E-state index contributed by atoms with van der Waals surface area (Å²) in [5.74, 6) is 0.448. The number of hydrogen-bond donors (Lipinski definition) is 2. The third-order valence-electron chi connectivity index (χ3n) is 4.84. The molecule has 1 aromatic heterocycles. The van der Waals surface area contributed by atoms with E-state index in [-0.39, 0.29) is 5.91 Å². The van der Waals surface area contributed by atoms with Crippen LogP contribution in [0.2, 0.25) is 0 Å². The minimum atomic E-state index is -0.452. The number of aromatic nitrogens is 1. The van der Waals surface area contributed by atoms with Crippen LogP contribution in [0.5, 0.6) is 0 Å². The Balaban J connectivity index is 1.47. The topological polar surface area (TPSA) is 94.8 Å². The zero-order chi connectivity index (χ0) is 17.6. The van der Waals surface area contributed by atoms with Gasteiger partial charge in [0.05, 0.1) is 5.56 Å². The van der Waals surface area contributed by atoms with Crippen molar-refractivity contribution in [1.29, 1.82) is 0 Å². The van der Waals surface area contributed by atoms with E-state index in [0.717, 1.165) is 58.9 Å². The molecule has 2 aliphatic rings. The van der Waals surface area contributed by atoms with E-state index >= 15 is 0 Å². The number of amides is 2. The molecular formula is C17H26N6O2. The van der Waals surface area contributed by atoms with Crippen molar-refractivity contribution in [2.45, 2.75) is 6.42 Å². The molecule has 2 fully saturated rings. The van der Waals surface area contributed by atoms with Crippen LogP contribution in [0.1, 0.15) is 16.8 Å². The number of piperazine rings is 2. The van der Waals surface area contributed by atoms with Crippen molar-refractivity contribution in [3.8, 4) is 0 Å². The predicted molar refractivity (Wildman–Crippen MR) is 95.5 cm³/mol. The van der Waals surface area contributed by atoms with Gasteiger partial charge in [-0.2, -0.15) is 0 Å². The molecular weight excluding hydrogens is 320 g/mol. The second-order valence-corrected chi connectivity index (χ2v) is 6.45. The quantitative estimate of drug-likeness (QED) is 0.719. The molecule has 25 heavy (non-hydrogen) atoms. The molecule has 136 valence electrons. The van der Waals surface area contributed by atoms with Crippen molar-refractivity contribution in [3.05, 3.63) is 23.9 Å². The zero-order valence-electron chi connectivity index (χ0n) is 14.5. The minimum Gasteiger partial charge on any atom is -0.365 e. The Morgan fingerprint density at radius 3 is 2.52 bits per heavy atom. The van der Waals surface area contributed by atoms with Crippen LogP contribution in [0.3, 0.4) is 0 Å². The summed E-state index contributed by atoms with van der Waals surface area (Å²) in [5, 5.41) is 3.26. The molecule has 0 atom stereocenters. The molecule has 0 aromatic carbocycles. The lowest BCUT2D eigenvalue weighted by molar-refractivity contribution is -0.132. The van der Waals surface area contributed by atoms with Crippen molar-refractivity contribution >= 4 is 17.6 Å². The van der Waals surface area contributed by atoms with Gasteiger partial charge in [0.15, 0.2) is 0 Å². The second-order valence-electron chi connectivity index (χ2n) is 6.45. The van der Waals surface area contributed by atoms with Crippen LogP contribution in [0.4, 0.5) is 5.82 Å². The summed E-state index contributed by atoms with van der Waals surface area (Å²) in [7, 11) is 0.